The lowest BCUT2D eigenvalue weighted by Gasteiger charge is -2.35. The third-order valence-electron chi connectivity index (χ3n) is 4.77. The van der Waals surface area contributed by atoms with Crippen molar-refractivity contribution in [3.05, 3.63) is 23.7 Å². The summed E-state index contributed by atoms with van der Waals surface area (Å²) < 4.78 is 10.9. The molecule has 2 fully saturated rings. The summed E-state index contributed by atoms with van der Waals surface area (Å²) >= 11 is 0. The number of aryl methyl sites for hydroxylation is 1. The largest absolute Gasteiger partial charge is 0.469 e. The van der Waals surface area contributed by atoms with Crippen LogP contribution in [0.2, 0.25) is 0 Å². The number of carbonyl (C=O) groups excluding carboxylic acids is 2. The van der Waals surface area contributed by atoms with Crippen LogP contribution in [0.3, 0.4) is 0 Å². The van der Waals surface area contributed by atoms with Crippen LogP contribution >= 0.6 is 0 Å². The molecule has 22 heavy (non-hydrogen) atoms. The van der Waals surface area contributed by atoms with Crippen molar-refractivity contribution in [1.29, 1.82) is 0 Å². The van der Waals surface area contributed by atoms with Gasteiger partial charge in [0.1, 0.15) is 12.0 Å². The predicted molar refractivity (Wildman–Crippen MR) is 79.1 cm³/mol. The topological polar surface area (TPSA) is 85.8 Å². The number of likely N-dealkylation sites (tertiary alicyclic amines) is 1. The monoisotopic (exact) mass is 306 g/mol. The molecule has 3 rings (SSSR count). The molecule has 2 aliphatic rings. The van der Waals surface area contributed by atoms with Gasteiger partial charge in [-0.25, -0.2) is 0 Å². The van der Waals surface area contributed by atoms with Crippen molar-refractivity contribution < 1.29 is 18.7 Å². The van der Waals surface area contributed by atoms with Gasteiger partial charge in [0.2, 0.25) is 5.91 Å². The highest BCUT2D eigenvalue weighted by molar-refractivity contribution is 5.94. The molecule has 1 aromatic rings. The number of hydrogen-bond donors (Lipinski definition) is 1. The molecule has 2 N–H and O–H groups in total. The smallest absolute Gasteiger partial charge is 0.257 e. The van der Waals surface area contributed by atoms with Crippen LogP contribution in [0.15, 0.2) is 16.7 Å². The summed E-state index contributed by atoms with van der Waals surface area (Å²) in [4.78, 5) is 25.7. The maximum atomic E-state index is 12.4. The van der Waals surface area contributed by atoms with Gasteiger partial charge in [-0.15, -0.1) is 0 Å². The quantitative estimate of drug-likeness (QED) is 0.913. The average Bonchev–Trinajstić information content (AvgIpc) is 3.15. The first kappa shape index (κ1) is 15.1. The van der Waals surface area contributed by atoms with Gasteiger partial charge in [-0.05, 0) is 38.2 Å². The summed E-state index contributed by atoms with van der Waals surface area (Å²) in [6.07, 6.45) is 3.83. The Kier molecular flexibility index (Phi) is 4.20. The van der Waals surface area contributed by atoms with Crippen molar-refractivity contribution in [3.8, 4) is 0 Å². The Balaban J connectivity index is 1.58. The third kappa shape index (κ3) is 2.88. The molecular formula is C16H22N2O4. The third-order valence-corrected chi connectivity index (χ3v) is 4.77. The van der Waals surface area contributed by atoms with Crippen molar-refractivity contribution in [2.75, 3.05) is 19.7 Å². The summed E-state index contributed by atoms with van der Waals surface area (Å²) in [5, 5.41) is 0. The molecule has 2 amide bonds. The highest BCUT2D eigenvalue weighted by Crippen LogP contribution is 2.33. The standard InChI is InChI=1S/C16H22N2O4/c1-10-8-12(9-22-10)16(20)18-5-2-11(3-6-18)14-13(15(17)19)4-7-21-14/h8-9,11,13-14H,2-7H2,1H3,(H2,17,19)/t13-,14+/m0/s1. The van der Waals surface area contributed by atoms with Crippen molar-refractivity contribution >= 4 is 11.8 Å². The number of primary amides is 1. The van der Waals surface area contributed by atoms with Gasteiger partial charge in [-0.1, -0.05) is 0 Å². The Morgan fingerprint density at radius 1 is 1.27 bits per heavy atom. The molecule has 0 aliphatic carbocycles. The van der Waals surface area contributed by atoms with Gasteiger partial charge >= 0.3 is 0 Å². The Morgan fingerprint density at radius 3 is 2.59 bits per heavy atom. The number of ether oxygens (including phenoxy) is 1. The first-order valence-electron chi connectivity index (χ1n) is 7.81. The molecule has 0 spiro atoms. The minimum Gasteiger partial charge on any atom is -0.469 e. The number of furan rings is 1. The van der Waals surface area contributed by atoms with Crippen LogP contribution in [-0.4, -0.2) is 42.5 Å². The number of piperidine rings is 1. The van der Waals surface area contributed by atoms with Crippen LogP contribution < -0.4 is 5.73 Å². The van der Waals surface area contributed by atoms with E-state index in [2.05, 4.69) is 0 Å². The van der Waals surface area contributed by atoms with Crippen molar-refractivity contribution in [1.82, 2.24) is 4.90 Å². The summed E-state index contributed by atoms with van der Waals surface area (Å²) in [5.41, 5.74) is 6.05. The molecule has 6 nitrogen and oxygen atoms in total. The van der Waals surface area contributed by atoms with E-state index in [1.165, 1.54) is 6.26 Å². The first-order valence-corrected chi connectivity index (χ1v) is 7.81. The SMILES string of the molecule is Cc1cc(C(=O)N2CCC([C@H]3OCC[C@@H]3C(N)=O)CC2)co1. The maximum Gasteiger partial charge on any atom is 0.257 e. The summed E-state index contributed by atoms with van der Waals surface area (Å²) in [6.45, 7) is 3.79. The van der Waals surface area contributed by atoms with E-state index < -0.39 is 0 Å². The van der Waals surface area contributed by atoms with E-state index in [-0.39, 0.29) is 23.8 Å². The highest BCUT2D eigenvalue weighted by atomic mass is 16.5. The van der Waals surface area contributed by atoms with E-state index in [1.54, 1.807) is 6.07 Å². The number of nitrogens with zero attached hydrogens (tertiary/aromatic N) is 1. The van der Waals surface area contributed by atoms with E-state index in [0.29, 0.717) is 37.6 Å². The molecule has 0 unspecified atom stereocenters. The van der Waals surface area contributed by atoms with Crippen LogP contribution in [0.4, 0.5) is 0 Å². The molecule has 2 saturated heterocycles. The van der Waals surface area contributed by atoms with Gasteiger partial charge in [0, 0.05) is 19.7 Å². The number of hydrogen-bond acceptors (Lipinski definition) is 4. The van der Waals surface area contributed by atoms with Crippen LogP contribution in [0.5, 0.6) is 0 Å². The number of amides is 2. The van der Waals surface area contributed by atoms with E-state index in [0.717, 1.165) is 18.6 Å². The van der Waals surface area contributed by atoms with Crippen LogP contribution in [0.1, 0.15) is 35.4 Å². The molecule has 6 heteroatoms. The van der Waals surface area contributed by atoms with E-state index in [9.17, 15) is 9.59 Å². The van der Waals surface area contributed by atoms with Gasteiger partial charge in [0.05, 0.1) is 17.6 Å². The zero-order valence-electron chi connectivity index (χ0n) is 12.8. The van der Waals surface area contributed by atoms with Gasteiger partial charge < -0.3 is 19.8 Å². The van der Waals surface area contributed by atoms with E-state index in [1.807, 2.05) is 11.8 Å². The molecule has 1 aromatic heterocycles. The lowest BCUT2D eigenvalue weighted by atomic mass is 9.84. The van der Waals surface area contributed by atoms with Crippen molar-refractivity contribution in [2.45, 2.75) is 32.3 Å². The molecule has 0 radical (unpaired) electrons. The Morgan fingerprint density at radius 2 is 2.00 bits per heavy atom. The van der Waals surface area contributed by atoms with Crippen molar-refractivity contribution in [3.63, 3.8) is 0 Å². The number of carbonyl (C=O) groups is 2. The molecular weight excluding hydrogens is 284 g/mol. The van der Waals surface area contributed by atoms with Crippen LogP contribution in [-0.2, 0) is 9.53 Å². The molecule has 0 saturated carbocycles. The summed E-state index contributed by atoms with van der Waals surface area (Å²) in [6, 6.07) is 1.76. The van der Waals surface area contributed by atoms with E-state index >= 15 is 0 Å². The summed E-state index contributed by atoms with van der Waals surface area (Å²) in [7, 11) is 0. The average molecular weight is 306 g/mol. The van der Waals surface area contributed by atoms with E-state index in [4.69, 9.17) is 14.9 Å². The molecule has 120 valence electrons. The second-order valence-electron chi connectivity index (χ2n) is 6.21. The van der Waals surface area contributed by atoms with Gasteiger partial charge in [-0.2, -0.15) is 0 Å². The molecule has 0 bridgehead atoms. The second kappa shape index (κ2) is 6.12. The normalized spacial score (nSPS) is 26.3. The minimum atomic E-state index is -0.269. The fraction of sp³-hybridized carbons (Fsp3) is 0.625. The van der Waals surface area contributed by atoms with Gasteiger partial charge in [-0.3, -0.25) is 9.59 Å². The van der Waals surface area contributed by atoms with Gasteiger partial charge in [0.25, 0.3) is 5.91 Å². The van der Waals surface area contributed by atoms with Crippen molar-refractivity contribution in [2.24, 2.45) is 17.6 Å². The van der Waals surface area contributed by atoms with Gasteiger partial charge in [0.15, 0.2) is 0 Å². The Labute approximate surface area is 129 Å². The summed E-state index contributed by atoms with van der Waals surface area (Å²) in [5.74, 6) is 0.602. The number of nitrogens with two attached hydrogens (primary N) is 1. The molecule has 2 atom stereocenters. The molecule has 3 heterocycles. The Bertz CT molecular complexity index is 560. The Hall–Kier alpha value is -1.82. The lowest BCUT2D eigenvalue weighted by molar-refractivity contribution is -0.124. The molecule has 2 aliphatic heterocycles. The van der Waals surface area contributed by atoms with Crippen LogP contribution in [0, 0.1) is 18.8 Å². The second-order valence-corrected chi connectivity index (χ2v) is 6.21. The maximum absolute atomic E-state index is 12.4. The zero-order valence-corrected chi connectivity index (χ0v) is 12.8. The fourth-order valence-corrected chi connectivity index (χ4v) is 3.55. The highest BCUT2D eigenvalue weighted by Gasteiger charge is 2.39. The minimum absolute atomic E-state index is 0.00842. The fourth-order valence-electron chi connectivity index (χ4n) is 3.55. The first-order chi connectivity index (χ1) is 10.6. The van der Waals surface area contributed by atoms with Crippen LogP contribution in [0.25, 0.3) is 0 Å². The number of rotatable bonds is 3. The molecule has 0 aromatic carbocycles. The lowest BCUT2D eigenvalue weighted by Crippen LogP contribution is -2.44. The zero-order chi connectivity index (χ0) is 15.7. The predicted octanol–water partition coefficient (Wildman–Crippen LogP) is 1.33.